The molecule has 1 saturated heterocycles. The van der Waals surface area contributed by atoms with Gasteiger partial charge in [0, 0.05) is 28.5 Å². The van der Waals surface area contributed by atoms with Crippen LogP contribution >= 0.6 is 11.6 Å². The molecule has 194 valence electrons. The number of aromatic nitrogens is 3. The zero-order valence-corrected chi connectivity index (χ0v) is 21.6. The van der Waals surface area contributed by atoms with Crippen molar-refractivity contribution in [1.82, 2.24) is 20.1 Å². The SMILES string of the molecule is C[C@H]1C(=O)N(c2ccc3c(cnn3-c3ccc(F)cc3)c2)C(c2ccccc2Cl)[C@H]1NC(=O)c1cccnc1. The van der Waals surface area contributed by atoms with Crippen LogP contribution in [0.25, 0.3) is 16.6 Å². The summed E-state index contributed by atoms with van der Waals surface area (Å²) in [4.78, 5) is 32.7. The van der Waals surface area contributed by atoms with Crippen molar-refractivity contribution in [3.05, 3.63) is 119 Å². The number of hydrogen-bond donors (Lipinski definition) is 1. The van der Waals surface area contributed by atoms with Gasteiger partial charge in [-0.25, -0.2) is 9.07 Å². The van der Waals surface area contributed by atoms with Crippen LogP contribution in [0.5, 0.6) is 0 Å². The predicted octanol–water partition coefficient (Wildman–Crippen LogP) is 5.74. The first-order valence-corrected chi connectivity index (χ1v) is 12.8. The molecular weight excluding hydrogens is 517 g/mol. The molecule has 3 aromatic carbocycles. The number of rotatable bonds is 5. The Morgan fingerprint density at radius 1 is 0.974 bits per heavy atom. The molecule has 1 aliphatic rings. The highest BCUT2D eigenvalue weighted by Crippen LogP contribution is 2.43. The molecule has 2 aromatic heterocycles. The minimum atomic E-state index is -0.553. The van der Waals surface area contributed by atoms with Gasteiger partial charge < -0.3 is 10.2 Å². The normalized spacial score (nSPS) is 19.0. The van der Waals surface area contributed by atoms with E-state index in [1.165, 1.54) is 18.3 Å². The molecule has 0 bridgehead atoms. The lowest BCUT2D eigenvalue weighted by atomic mass is 9.94. The summed E-state index contributed by atoms with van der Waals surface area (Å²) >= 11 is 6.65. The van der Waals surface area contributed by atoms with E-state index in [-0.39, 0.29) is 17.6 Å². The summed E-state index contributed by atoms with van der Waals surface area (Å²) in [6.45, 7) is 1.81. The maximum absolute atomic E-state index is 13.8. The zero-order valence-electron chi connectivity index (χ0n) is 20.8. The van der Waals surface area contributed by atoms with Crippen molar-refractivity contribution in [2.45, 2.75) is 19.0 Å². The van der Waals surface area contributed by atoms with Crippen molar-refractivity contribution in [3.63, 3.8) is 0 Å². The van der Waals surface area contributed by atoms with Gasteiger partial charge in [0.05, 0.1) is 41.0 Å². The molecule has 1 unspecified atom stereocenters. The van der Waals surface area contributed by atoms with Crippen LogP contribution in [0.2, 0.25) is 5.02 Å². The molecule has 0 radical (unpaired) electrons. The third kappa shape index (κ3) is 4.42. The van der Waals surface area contributed by atoms with Gasteiger partial charge >= 0.3 is 0 Å². The molecular formula is C30H23ClFN5O2. The summed E-state index contributed by atoms with van der Waals surface area (Å²) in [6.07, 6.45) is 4.80. The lowest BCUT2D eigenvalue weighted by molar-refractivity contribution is -0.120. The van der Waals surface area contributed by atoms with Crippen molar-refractivity contribution in [2.24, 2.45) is 5.92 Å². The molecule has 0 aliphatic carbocycles. The number of benzene rings is 3. The van der Waals surface area contributed by atoms with Crippen molar-refractivity contribution in [1.29, 1.82) is 0 Å². The first-order valence-electron chi connectivity index (χ1n) is 12.4. The number of halogens is 2. The Kier molecular flexibility index (Phi) is 6.32. The second-order valence-corrected chi connectivity index (χ2v) is 9.89. The van der Waals surface area contributed by atoms with E-state index >= 15 is 0 Å². The second kappa shape index (κ2) is 9.96. The number of carbonyl (C=O) groups excluding carboxylic acids is 2. The predicted molar refractivity (Wildman–Crippen MR) is 147 cm³/mol. The van der Waals surface area contributed by atoms with Gasteiger partial charge in [-0.3, -0.25) is 14.6 Å². The molecule has 5 aromatic rings. The molecule has 3 heterocycles. The highest BCUT2D eigenvalue weighted by atomic mass is 35.5. The summed E-state index contributed by atoms with van der Waals surface area (Å²) in [6, 6.07) is 21.3. The first-order chi connectivity index (χ1) is 18.9. The van der Waals surface area contributed by atoms with E-state index in [1.807, 2.05) is 43.3 Å². The summed E-state index contributed by atoms with van der Waals surface area (Å²) in [5, 5.41) is 8.86. The van der Waals surface area contributed by atoms with Crippen LogP contribution in [0, 0.1) is 11.7 Å². The van der Waals surface area contributed by atoms with Crippen LogP contribution in [0.4, 0.5) is 10.1 Å². The van der Waals surface area contributed by atoms with Crippen LogP contribution in [-0.2, 0) is 4.79 Å². The molecule has 9 heteroatoms. The topological polar surface area (TPSA) is 80.1 Å². The van der Waals surface area contributed by atoms with E-state index < -0.39 is 18.0 Å². The standard InChI is InChI=1S/C30H23ClFN5O2/c1-18-27(35-29(38)19-5-4-14-33-16-19)28(24-6-2-3-7-25(24)31)36(30(18)39)23-12-13-26-20(15-23)17-34-37(26)22-10-8-21(32)9-11-22/h2-18,27-28H,1H3,(H,35,38)/t18-,27+,28?/m1/s1. The quantitative estimate of drug-likeness (QED) is 0.309. The fraction of sp³-hybridized carbons (Fsp3) is 0.133. The summed E-state index contributed by atoms with van der Waals surface area (Å²) in [7, 11) is 0. The fourth-order valence-corrected chi connectivity index (χ4v) is 5.42. The van der Waals surface area contributed by atoms with Crippen LogP contribution in [-0.4, -0.2) is 32.6 Å². The van der Waals surface area contributed by atoms with Gasteiger partial charge in [0.2, 0.25) is 5.91 Å². The number of pyridine rings is 1. The number of amides is 2. The van der Waals surface area contributed by atoms with Crippen molar-refractivity contribution < 1.29 is 14.0 Å². The molecule has 1 N–H and O–H groups in total. The molecule has 0 spiro atoms. The van der Waals surface area contributed by atoms with E-state index in [2.05, 4.69) is 15.4 Å². The van der Waals surface area contributed by atoms with E-state index in [9.17, 15) is 14.0 Å². The van der Waals surface area contributed by atoms with E-state index in [1.54, 1.807) is 52.3 Å². The number of nitrogens with zero attached hydrogens (tertiary/aromatic N) is 4. The van der Waals surface area contributed by atoms with Crippen molar-refractivity contribution in [3.8, 4) is 5.69 Å². The Morgan fingerprint density at radius 2 is 1.74 bits per heavy atom. The number of nitrogens with one attached hydrogen (secondary N) is 1. The maximum atomic E-state index is 13.8. The molecule has 2 amide bonds. The van der Waals surface area contributed by atoms with Crippen molar-refractivity contribution >= 4 is 40.0 Å². The van der Waals surface area contributed by atoms with Gasteiger partial charge in [0.1, 0.15) is 5.82 Å². The minimum Gasteiger partial charge on any atom is -0.346 e. The second-order valence-electron chi connectivity index (χ2n) is 9.48. The summed E-state index contributed by atoms with van der Waals surface area (Å²) in [5.41, 5.74) is 3.32. The van der Waals surface area contributed by atoms with Crippen LogP contribution in [0.3, 0.4) is 0 Å². The maximum Gasteiger partial charge on any atom is 0.253 e. The number of hydrogen-bond acceptors (Lipinski definition) is 4. The highest BCUT2D eigenvalue weighted by Gasteiger charge is 2.48. The zero-order chi connectivity index (χ0) is 27.1. The average Bonchev–Trinajstić information content (AvgIpc) is 3.48. The molecule has 7 nitrogen and oxygen atoms in total. The Bertz CT molecular complexity index is 1690. The molecule has 0 saturated carbocycles. The first kappa shape index (κ1) is 24.8. The Balaban J connectivity index is 1.42. The lowest BCUT2D eigenvalue weighted by Crippen LogP contribution is -2.42. The largest absolute Gasteiger partial charge is 0.346 e. The van der Waals surface area contributed by atoms with E-state index in [0.29, 0.717) is 16.3 Å². The van der Waals surface area contributed by atoms with E-state index in [4.69, 9.17) is 11.6 Å². The van der Waals surface area contributed by atoms with Gasteiger partial charge in [0.15, 0.2) is 0 Å². The van der Waals surface area contributed by atoms with E-state index in [0.717, 1.165) is 22.2 Å². The average molecular weight is 540 g/mol. The van der Waals surface area contributed by atoms with Gasteiger partial charge in [0.25, 0.3) is 5.91 Å². The van der Waals surface area contributed by atoms with Gasteiger partial charge in [-0.05, 0) is 66.2 Å². The highest BCUT2D eigenvalue weighted by molar-refractivity contribution is 6.31. The van der Waals surface area contributed by atoms with Gasteiger partial charge in [-0.15, -0.1) is 0 Å². The van der Waals surface area contributed by atoms with Crippen LogP contribution in [0.15, 0.2) is 97.5 Å². The molecule has 3 atom stereocenters. The van der Waals surface area contributed by atoms with Gasteiger partial charge in [-0.1, -0.05) is 36.7 Å². The number of carbonyl (C=O) groups is 2. The Labute approximate surface area is 228 Å². The summed E-state index contributed by atoms with van der Waals surface area (Å²) < 4.78 is 15.2. The smallest absolute Gasteiger partial charge is 0.253 e. The fourth-order valence-electron chi connectivity index (χ4n) is 5.17. The Hall–Kier alpha value is -4.56. The van der Waals surface area contributed by atoms with Gasteiger partial charge in [-0.2, -0.15) is 5.10 Å². The molecule has 1 aliphatic heterocycles. The monoisotopic (exact) mass is 539 g/mol. The Morgan fingerprint density at radius 3 is 2.49 bits per heavy atom. The molecule has 6 rings (SSSR count). The van der Waals surface area contributed by atoms with Crippen LogP contribution < -0.4 is 10.2 Å². The van der Waals surface area contributed by atoms with Crippen molar-refractivity contribution in [2.75, 3.05) is 4.90 Å². The molecule has 39 heavy (non-hydrogen) atoms. The molecule has 1 fully saturated rings. The summed E-state index contributed by atoms with van der Waals surface area (Å²) in [5.74, 6) is -1.30. The van der Waals surface area contributed by atoms with Crippen LogP contribution in [0.1, 0.15) is 28.9 Å². The minimum absolute atomic E-state index is 0.137. The third-order valence-corrected chi connectivity index (χ3v) is 7.47. The lowest BCUT2D eigenvalue weighted by Gasteiger charge is -2.30. The number of anilines is 1. The third-order valence-electron chi connectivity index (χ3n) is 7.13. The number of fused-ring (bicyclic) bond motifs is 1.